The zero-order valence-corrected chi connectivity index (χ0v) is 19.7. The molecule has 0 radical (unpaired) electrons. The minimum Gasteiger partial charge on any atom is -0.346 e. The Labute approximate surface area is 191 Å². The van der Waals surface area contributed by atoms with Crippen LogP contribution in [0.1, 0.15) is 65.4 Å². The van der Waals surface area contributed by atoms with E-state index in [1.807, 2.05) is 29.4 Å². The monoisotopic (exact) mass is 430 g/mol. The number of hydrogen-bond acceptors (Lipinski definition) is 4. The molecule has 2 atom stereocenters. The second kappa shape index (κ2) is 10.9. The number of aromatic nitrogens is 1. The van der Waals surface area contributed by atoms with E-state index in [1.54, 1.807) is 6.21 Å². The Morgan fingerprint density at radius 1 is 1.38 bits per heavy atom. The number of nitrogens with zero attached hydrogens (tertiary/aromatic N) is 3. The van der Waals surface area contributed by atoms with Gasteiger partial charge in [-0.2, -0.15) is 5.10 Å². The van der Waals surface area contributed by atoms with E-state index in [0.29, 0.717) is 17.8 Å². The molecule has 5 heteroatoms. The fourth-order valence-electron chi connectivity index (χ4n) is 4.17. The quantitative estimate of drug-likeness (QED) is 0.523. The predicted molar refractivity (Wildman–Crippen MR) is 131 cm³/mol. The maximum Gasteiger partial charge on any atom is 0.164 e. The van der Waals surface area contributed by atoms with E-state index in [2.05, 4.69) is 61.2 Å². The van der Waals surface area contributed by atoms with Gasteiger partial charge in [-0.05, 0) is 55.5 Å². The Kier molecular flexibility index (Phi) is 8.02. The lowest BCUT2D eigenvalue weighted by Gasteiger charge is -2.28. The van der Waals surface area contributed by atoms with Crippen LogP contribution in [0.5, 0.6) is 0 Å². The van der Waals surface area contributed by atoms with Gasteiger partial charge < -0.3 is 4.98 Å². The lowest BCUT2D eigenvalue weighted by atomic mass is 9.83. The molecule has 1 aromatic heterocycles. The number of Topliss-reactive ketones (excluding diaryl/α,β-unsaturated/α-hetero) is 1. The number of fused-ring (bicyclic) bond motifs is 1. The third kappa shape index (κ3) is 5.17. The van der Waals surface area contributed by atoms with E-state index in [0.717, 1.165) is 48.2 Å². The van der Waals surface area contributed by atoms with Crippen molar-refractivity contribution in [2.75, 3.05) is 0 Å². The van der Waals surface area contributed by atoms with E-state index < -0.39 is 0 Å². The zero-order valence-electron chi connectivity index (χ0n) is 19.7. The maximum atomic E-state index is 13.8. The predicted octanol–water partition coefficient (Wildman–Crippen LogP) is 5.88. The van der Waals surface area contributed by atoms with E-state index >= 15 is 0 Å². The van der Waals surface area contributed by atoms with E-state index in [4.69, 9.17) is 0 Å². The second-order valence-electron chi connectivity index (χ2n) is 8.63. The van der Waals surface area contributed by atoms with Crippen LogP contribution in [0.2, 0.25) is 0 Å². The lowest BCUT2D eigenvalue weighted by molar-refractivity contribution is -0.120. The average molecular weight is 431 g/mol. The molecule has 0 amide bonds. The maximum absolute atomic E-state index is 13.8. The Morgan fingerprint density at radius 3 is 2.88 bits per heavy atom. The number of nitrogens with one attached hydrogen (secondary N) is 1. The lowest BCUT2D eigenvalue weighted by Crippen LogP contribution is -2.25. The number of pyridine rings is 1. The van der Waals surface area contributed by atoms with E-state index in [-0.39, 0.29) is 11.7 Å². The molecule has 0 saturated carbocycles. The van der Waals surface area contributed by atoms with Crippen LogP contribution in [-0.4, -0.2) is 22.0 Å². The molecule has 0 aliphatic carbocycles. The summed E-state index contributed by atoms with van der Waals surface area (Å²) in [6.07, 6.45) is 14.1. The van der Waals surface area contributed by atoms with E-state index in [1.165, 1.54) is 11.8 Å². The summed E-state index contributed by atoms with van der Waals surface area (Å²) in [5, 5.41) is 6.60. The summed E-state index contributed by atoms with van der Waals surface area (Å²) in [6, 6.07) is 3.89. The highest BCUT2D eigenvalue weighted by Crippen LogP contribution is 2.38. The summed E-state index contributed by atoms with van der Waals surface area (Å²) in [6.45, 7) is 12.1. The molecule has 2 aliphatic heterocycles. The fourth-order valence-corrected chi connectivity index (χ4v) is 4.17. The minimum absolute atomic E-state index is 0.0336. The molecule has 0 fully saturated rings. The number of unbranched alkanes of at least 4 members (excludes halogenated alkanes) is 1. The van der Waals surface area contributed by atoms with Crippen LogP contribution in [-0.2, 0) is 4.79 Å². The van der Waals surface area contributed by atoms with Gasteiger partial charge in [-0.15, -0.1) is 5.73 Å². The Hall–Kier alpha value is -3.17. The van der Waals surface area contributed by atoms with Gasteiger partial charge in [0.25, 0.3) is 0 Å². The Bertz CT molecular complexity index is 1070. The van der Waals surface area contributed by atoms with Gasteiger partial charge >= 0.3 is 0 Å². The number of carbonyl (C=O) groups excluding carboxylic acids is 1. The Balaban J connectivity index is 2.11. The zero-order chi connectivity index (χ0) is 23.1. The van der Waals surface area contributed by atoms with Gasteiger partial charge in [-0.25, -0.2) is 10.0 Å². The van der Waals surface area contributed by atoms with Crippen molar-refractivity contribution in [2.24, 2.45) is 21.9 Å². The number of carbonyl (C=O) groups is 1. The summed E-state index contributed by atoms with van der Waals surface area (Å²) in [4.78, 5) is 21.3. The number of ketones is 1. The van der Waals surface area contributed by atoms with Crippen molar-refractivity contribution in [3.05, 3.63) is 76.9 Å². The molecular weight excluding hydrogens is 396 g/mol. The number of hydrogen-bond donors (Lipinski definition) is 1. The number of hydrazone groups is 1. The highest BCUT2D eigenvalue weighted by Gasteiger charge is 2.31. The number of H-pyrrole nitrogens is 1. The molecule has 1 N–H and O–H groups in total. The summed E-state index contributed by atoms with van der Waals surface area (Å²) in [5.41, 5.74) is 8.25. The fraction of sp³-hybridized carbons (Fsp3) is 0.407. The summed E-state index contributed by atoms with van der Waals surface area (Å²) in [5.74, 6) is 0.538. The van der Waals surface area contributed by atoms with E-state index in [9.17, 15) is 4.79 Å². The van der Waals surface area contributed by atoms with Gasteiger partial charge in [0.15, 0.2) is 5.78 Å². The minimum atomic E-state index is -0.0336. The van der Waals surface area contributed by atoms with Crippen LogP contribution in [0.4, 0.5) is 0 Å². The third-order valence-electron chi connectivity index (χ3n) is 6.38. The SMILES string of the molecule is C=C=C/N=c1/ccc(C2=C(C(=O)C(C)C(C)CCCC)CCC(C)=C3C=CC=NN32)c[nH]1. The van der Waals surface area contributed by atoms with Crippen LogP contribution in [0, 0.1) is 11.8 Å². The van der Waals surface area contributed by atoms with Crippen LogP contribution < -0.4 is 5.49 Å². The largest absolute Gasteiger partial charge is 0.346 e. The van der Waals surface area contributed by atoms with Crippen molar-refractivity contribution < 1.29 is 4.79 Å². The van der Waals surface area contributed by atoms with Crippen molar-refractivity contribution in [1.29, 1.82) is 0 Å². The first-order chi connectivity index (χ1) is 15.5. The highest BCUT2D eigenvalue weighted by atomic mass is 16.1. The first kappa shape index (κ1) is 23.5. The molecule has 0 spiro atoms. The number of allylic oxidation sites excluding steroid dienone is 4. The third-order valence-corrected chi connectivity index (χ3v) is 6.38. The number of rotatable bonds is 8. The van der Waals surface area contributed by atoms with Crippen LogP contribution in [0.15, 0.2) is 75.9 Å². The standard InChI is InChI=1S/C27H34N4O/c1-6-8-10-19(3)21(5)27(32)23-14-12-20(4)24-11-9-17-30-31(24)26(23)22-13-15-25(29-18-22)28-16-7-2/h9,11,13,15-19,21H,2,6,8,10,12,14H2,1,3-5H3,(H,28,29). The summed E-state index contributed by atoms with van der Waals surface area (Å²) >= 11 is 0. The topological polar surface area (TPSA) is 60.8 Å². The molecule has 5 nitrogen and oxygen atoms in total. The molecule has 168 valence electrons. The highest BCUT2D eigenvalue weighted by molar-refractivity contribution is 6.04. The van der Waals surface area contributed by atoms with Crippen molar-refractivity contribution in [2.45, 2.75) is 59.8 Å². The molecule has 2 aliphatic rings. The van der Waals surface area contributed by atoms with Crippen molar-refractivity contribution >= 4 is 17.7 Å². The first-order valence-electron chi connectivity index (χ1n) is 11.5. The van der Waals surface area contributed by atoms with Crippen LogP contribution in [0.3, 0.4) is 0 Å². The molecule has 0 saturated heterocycles. The normalized spacial score (nSPS) is 18.2. The molecule has 1 aromatic rings. The summed E-state index contributed by atoms with van der Waals surface area (Å²) < 4.78 is 0. The van der Waals surface area contributed by atoms with Gasteiger partial charge in [0.05, 0.1) is 17.6 Å². The van der Waals surface area contributed by atoms with Gasteiger partial charge in [0.1, 0.15) is 5.49 Å². The average Bonchev–Trinajstić information content (AvgIpc) is 2.97. The molecule has 3 heterocycles. The first-order valence-corrected chi connectivity index (χ1v) is 11.5. The molecular formula is C27H34N4O. The second-order valence-corrected chi connectivity index (χ2v) is 8.63. The van der Waals surface area contributed by atoms with Gasteiger partial charge in [-0.3, -0.25) is 4.79 Å². The van der Waals surface area contributed by atoms with Crippen molar-refractivity contribution in [1.82, 2.24) is 9.99 Å². The molecule has 3 rings (SSSR count). The summed E-state index contributed by atoms with van der Waals surface area (Å²) in [7, 11) is 0. The molecule has 32 heavy (non-hydrogen) atoms. The molecule has 0 bridgehead atoms. The van der Waals surface area contributed by atoms with Crippen LogP contribution in [0.25, 0.3) is 5.70 Å². The smallest absolute Gasteiger partial charge is 0.164 e. The van der Waals surface area contributed by atoms with Crippen molar-refractivity contribution in [3.63, 3.8) is 0 Å². The van der Waals surface area contributed by atoms with Gasteiger partial charge in [0.2, 0.25) is 0 Å². The molecule has 0 aromatic carbocycles. The van der Waals surface area contributed by atoms with Crippen LogP contribution >= 0.6 is 0 Å². The Morgan fingerprint density at radius 2 is 2.19 bits per heavy atom. The van der Waals surface area contributed by atoms with Gasteiger partial charge in [-0.1, -0.05) is 46.6 Å². The van der Waals surface area contributed by atoms with Gasteiger partial charge in [0, 0.05) is 29.5 Å². The number of aromatic amines is 1. The molecule has 2 unspecified atom stereocenters. The van der Waals surface area contributed by atoms with Crippen molar-refractivity contribution in [3.8, 4) is 0 Å².